The first-order valence-electron chi connectivity index (χ1n) is 4.87. The summed E-state index contributed by atoms with van der Waals surface area (Å²) in [4.78, 5) is 4.11. The van der Waals surface area contributed by atoms with E-state index in [0.717, 1.165) is 5.69 Å². The van der Waals surface area contributed by atoms with Crippen LogP contribution in [0.1, 0.15) is 11.4 Å². The lowest BCUT2D eigenvalue weighted by Gasteiger charge is -2.02. The van der Waals surface area contributed by atoms with E-state index in [-0.39, 0.29) is 0 Å². The van der Waals surface area contributed by atoms with E-state index in [4.69, 9.17) is 5.26 Å². The van der Waals surface area contributed by atoms with E-state index >= 15 is 0 Å². The molecule has 0 atom stereocenters. The number of pyridine rings is 1. The summed E-state index contributed by atoms with van der Waals surface area (Å²) in [6.07, 6.45) is 1.89. The summed E-state index contributed by atoms with van der Waals surface area (Å²) in [6, 6.07) is 9.22. The van der Waals surface area contributed by atoms with Crippen LogP contribution in [0.4, 0.5) is 5.82 Å². The summed E-state index contributed by atoms with van der Waals surface area (Å²) < 4.78 is 1.75. The fraction of sp³-hybridized carbons (Fsp3) is 0.182. The number of hydrogen-bond acceptors (Lipinski definition) is 4. The van der Waals surface area contributed by atoms with Gasteiger partial charge in [0.1, 0.15) is 17.6 Å². The Hall–Kier alpha value is -2.35. The van der Waals surface area contributed by atoms with Crippen LogP contribution in [-0.2, 0) is 13.6 Å². The average molecular weight is 213 g/mol. The molecule has 2 aromatic heterocycles. The maximum Gasteiger partial charge on any atom is 0.142 e. The lowest BCUT2D eigenvalue weighted by Crippen LogP contribution is -2.03. The topological polar surface area (TPSA) is 66.5 Å². The van der Waals surface area contributed by atoms with Gasteiger partial charge in [0.05, 0.1) is 12.2 Å². The number of hydrogen-bond donors (Lipinski definition) is 1. The molecule has 0 aliphatic carbocycles. The Morgan fingerprint density at radius 2 is 2.31 bits per heavy atom. The molecule has 1 N–H and O–H groups in total. The molecule has 0 unspecified atom stereocenters. The molecule has 2 heterocycles. The number of rotatable bonds is 3. The van der Waals surface area contributed by atoms with E-state index in [0.29, 0.717) is 18.1 Å². The quantitative estimate of drug-likeness (QED) is 0.834. The van der Waals surface area contributed by atoms with Gasteiger partial charge in [0.25, 0.3) is 0 Å². The molecule has 16 heavy (non-hydrogen) atoms. The maximum atomic E-state index is 8.69. The van der Waals surface area contributed by atoms with Crippen LogP contribution < -0.4 is 5.32 Å². The van der Waals surface area contributed by atoms with E-state index in [1.807, 2.05) is 31.4 Å². The van der Waals surface area contributed by atoms with Crippen LogP contribution in [0.2, 0.25) is 0 Å². The van der Waals surface area contributed by atoms with Gasteiger partial charge >= 0.3 is 0 Å². The zero-order valence-corrected chi connectivity index (χ0v) is 8.88. The van der Waals surface area contributed by atoms with Crippen LogP contribution in [0.5, 0.6) is 0 Å². The van der Waals surface area contributed by atoms with Crippen molar-refractivity contribution in [1.82, 2.24) is 14.8 Å². The lowest BCUT2D eigenvalue weighted by molar-refractivity contribution is 0.747. The number of aromatic nitrogens is 3. The summed E-state index contributed by atoms with van der Waals surface area (Å²) >= 11 is 0. The van der Waals surface area contributed by atoms with Gasteiger partial charge in [-0.1, -0.05) is 6.07 Å². The van der Waals surface area contributed by atoms with Crippen LogP contribution in [-0.4, -0.2) is 14.8 Å². The molecular weight excluding hydrogens is 202 g/mol. The first-order chi connectivity index (χ1) is 7.78. The Bertz CT molecular complexity index is 523. The third kappa shape index (κ3) is 2.36. The minimum Gasteiger partial charge on any atom is -0.364 e. The van der Waals surface area contributed by atoms with Crippen molar-refractivity contribution >= 4 is 5.82 Å². The van der Waals surface area contributed by atoms with Crippen LogP contribution in [0.25, 0.3) is 0 Å². The minimum absolute atomic E-state index is 0.408. The molecule has 2 aromatic rings. The van der Waals surface area contributed by atoms with Crippen molar-refractivity contribution in [3.05, 3.63) is 41.9 Å². The second-order valence-electron chi connectivity index (χ2n) is 3.35. The van der Waals surface area contributed by atoms with Crippen molar-refractivity contribution < 1.29 is 0 Å². The number of nitriles is 1. The molecule has 2 rings (SSSR count). The van der Waals surface area contributed by atoms with Gasteiger partial charge in [0, 0.05) is 13.2 Å². The molecule has 0 radical (unpaired) electrons. The number of anilines is 1. The summed E-state index contributed by atoms with van der Waals surface area (Å²) in [6.45, 7) is 0.600. The fourth-order valence-corrected chi connectivity index (χ4v) is 1.33. The molecule has 0 aliphatic heterocycles. The first kappa shape index (κ1) is 10.2. The highest BCUT2D eigenvalue weighted by Gasteiger charge is 1.99. The Labute approximate surface area is 93.4 Å². The Balaban J connectivity index is 2.02. The van der Waals surface area contributed by atoms with E-state index in [1.165, 1.54) is 0 Å². The standard InChI is InChI=1S/C11H11N5/c1-16-6-5-10(15-16)8-13-11-4-2-3-9(7-12)14-11/h2-6H,8H2,1H3,(H,13,14). The van der Waals surface area contributed by atoms with Gasteiger partial charge < -0.3 is 5.32 Å². The molecular formula is C11H11N5. The largest absolute Gasteiger partial charge is 0.364 e. The lowest BCUT2D eigenvalue weighted by atomic mass is 10.3. The van der Waals surface area contributed by atoms with Crippen LogP contribution in [0.15, 0.2) is 30.5 Å². The molecule has 80 valence electrons. The van der Waals surface area contributed by atoms with E-state index in [1.54, 1.807) is 16.8 Å². The third-order valence-corrected chi connectivity index (χ3v) is 2.08. The van der Waals surface area contributed by atoms with Crippen molar-refractivity contribution in [3.63, 3.8) is 0 Å². The van der Waals surface area contributed by atoms with Gasteiger partial charge in [-0.2, -0.15) is 10.4 Å². The maximum absolute atomic E-state index is 8.69. The normalized spacial score (nSPS) is 9.75. The predicted molar refractivity (Wildman–Crippen MR) is 59.5 cm³/mol. The zero-order valence-electron chi connectivity index (χ0n) is 8.88. The number of nitrogens with one attached hydrogen (secondary N) is 1. The SMILES string of the molecule is Cn1ccc(CNc2cccc(C#N)n2)n1. The molecule has 0 bridgehead atoms. The molecule has 5 nitrogen and oxygen atoms in total. The molecule has 0 spiro atoms. The molecule has 0 saturated heterocycles. The van der Waals surface area contributed by atoms with Crippen molar-refractivity contribution in [2.24, 2.45) is 7.05 Å². The van der Waals surface area contributed by atoms with Gasteiger partial charge in [-0.3, -0.25) is 4.68 Å². The highest BCUT2D eigenvalue weighted by Crippen LogP contribution is 2.05. The van der Waals surface area contributed by atoms with Gasteiger partial charge in [0.15, 0.2) is 0 Å². The fourth-order valence-electron chi connectivity index (χ4n) is 1.33. The monoisotopic (exact) mass is 213 g/mol. The molecule has 0 fully saturated rings. The van der Waals surface area contributed by atoms with Crippen molar-refractivity contribution in [1.29, 1.82) is 5.26 Å². The van der Waals surface area contributed by atoms with Crippen LogP contribution in [0.3, 0.4) is 0 Å². The smallest absolute Gasteiger partial charge is 0.142 e. The molecule has 0 aromatic carbocycles. The second kappa shape index (κ2) is 4.45. The second-order valence-corrected chi connectivity index (χ2v) is 3.35. The Kier molecular flexibility index (Phi) is 2.83. The summed E-state index contributed by atoms with van der Waals surface area (Å²) in [7, 11) is 1.87. The predicted octanol–water partition coefficient (Wildman–Crippen LogP) is 1.30. The molecule has 0 saturated carbocycles. The average Bonchev–Trinajstić information content (AvgIpc) is 2.73. The molecule has 5 heteroatoms. The Morgan fingerprint density at radius 3 is 3.00 bits per heavy atom. The number of aryl methyl sites for hydroxylation is 1. The van der Waals surface area contributed by atoms with Gasteiger partial charge in [0.2, 0.25) is 0 Å². The highest BCUT2D eigenvalue weighted by molar-refractivity contribution is 5.38. The summed E-state index contributed by atoms with van der Waals surface area (Å²) in [5, 5.41) is 16.0. The Morgan fingerprint density at radius 1 is 1.44 bits per heavy atom. The van der Waals surface area contributed by atoms with E-state index in [9.17, 15) is 0 Å². The van der Waals surface area contributed by atoms with Crippen molar-refractivity contribution in [2.45, 2.75) is 6.54 Å². The van der Waals surface area contributed by atoms with E-state index in [2.05, 4.69) is 15.4 Å². The van der Waals surface area contributed by atoms with Crippen molar-refractivity contribution in [2.75, 3.05) is 5.32 Å². The summed E-state index contributed by atoms with van der Waals surface area (Å²) in [5.41, 5.74) is 1.35. The summed E-state index contributed by atoms with van der Waals surface area (Å²) in [5.74, 6) is 0.685. The number of nitrogens with zero attached hydrogens (tertiary/aromatic N) is 4. The third-order valence-electron chi connectivity index (χ3n) is 2.08. The zero-order chi connectivity index (χ0) is 11.4. The highest BCUT2D eigenvalue weighted by atomic mass is 15.3. The van der Waals surface area contributed by atoms with Crippen LogP contribution >= 0.6 is 0 Å². The van der Waals surface area contributed by atoms with Gasteiger partial charge in [-0.25, -0.2) is 4.98 Å². The van der Waals surface area contributed by atoms with Gasteiger partial charge in [-0.05, 0) is 18.2 Å². The van der Waals surface area contributed by atoms with Crippen molar-refractivity contribution in [3.8, 4) is 6.07 Å². The van der Waals surface area contributed by atoms with E-state index < -0.39 is 0 Å². The van der Waals surface area contributed by atoms with Gasteiger partial charge in [-0.15, -0.1) is 0 Å². The first-order valence-corrected chi connectivity index (χ1v) is 4.87. The van der Waals surface area contributed by atoms with Crippen LogP contribution in [0, 0.1) is 11.3 Å². The molecule has 0 amide bonds. The molecule has 0 aliphatic rings. The minimum atomic E-state index is 0.408.